The molecule has 0 amide bonds. The van der Waals surface area contributed by atoms with Crippen molar-refractivity contribution in [3.8, 4) is 0 Å². The zero-order valence-corrected chi connectivity index (χ0v) is 11.8. The quantitative estimate of drug-likeness (QED) is 0.846. The molecule has 2 nitrogen and oxygen atoms in total. The molecule has 0 atom stereocenters. The molecule has 1 aromatic carbocycles. The Kier molecular flexibility index (Phi) is 5.56. The second kappa shape index (κ2) is 6.47. The van der Waals surface area contributed by atoms with E-state index in [1.54, 1.807) is 6.07 Å². The highest BCUT2D eigenvalue weighted by Gasteiger charge is 2.16. The lowest BCUT2D eigenvalue weighted by molar-refractivity contribution is 0.207. The summed E-state index contributed by atoms with van der Waals surface area (Å²) < 4.78 is 13.8. The number of nitrogens with one attached hydrogen (secondary N) is 1. The van der Waals surface area contributed by atoms with Gasteiger partial charge in [0.05, 0.1) is 4.47 Å². The molecule has 0 saturated carbocycles. The summed E-state index contributed by atoms with van der Waals surface area (Å²) in [6, 6.07) is 5.03. The summed E-state index contributed by atoms with van der Waals surface area (Å²) in [6.07, 6.45) is 0.754. The van der Waals surface area contributed by atoms with E-state index < -0.39 is 0 Å². The maximum Gasteiger partial charge on any atom is 0.137 e. The van der Waals surface area contributed by atoms with Crippen molar-refractivity contribution in [2.45, 2.75) is 26.8 Å². The smallest absolute Gasteiger partial charge is 0.137 e. The van der Waals surface area contributed by atoms with Crippen molar-refractivity contribution in [1.82, 2.24) is 5.32 Å². The van der Waals surface area contributed by atoms with Gasteiger partial charge < -0.3 is 10.4 Å². The highest BCUT2D eigenvalue weighted by molar-refractivity contribution is 9.10. The molecule has 2 N–H and O–H groups in total. The van der Waals surface area contributed by atoms with Gasteiger partial charge in [-0.2, -0.15) is 0 Å². The SMILES string of the molecule is CC(C)(CCO)CNCc1cccc(F)c1Br. The van der Waals surface area contributed by atoms with Gasteiger partial charge in [0.1, 0.15) is 5.82 Å². The third kappa shape index (κ3) is 4.74. The molecule has 4 heteroatoms. The van der Waals surface area contributed by atoms with E-state index in [-0.39, 0.29) is 17.8 Å². The van der Waals surface area contributed by atoms with Gasteiger partial charge in [0.2, 0.25) is 0 Å². The van der Waals surface area contributed by atoms with Gasteiger partial charge in [-0.05, 0) is 39.4 Å². The van der Waals surface area contributed by atoms with E-state index in [9.17, 15) is 4.39 Å². The Morgan fingerprint density at radius 1 is 1.41 bits per heavy atom. The van der Waals surface area contributed by atoms with E-state index in [4.69, 9.17) is 5.11 Å². The van der Waals surface area contributed by atoms with Gasteiger partial charge in [-0.3, -0.25) is 0 Å². The monoisotopic (exact) mass is 303 g/mol. The van der Waals surface area contributed by atoms with E-state index in [1.165, 1.54) is 6.07 Å². The molecule has 0 heterocycles. The molecule has 17 heavy (non-hydrogen) atoms. The number of halogens is 2. The van der Waals surface area contributed by atoms with Crippen molar-refractivity contribution < 1.29 is 9.50 Å². The van der Waals surface area contributed by atoms with Crippen LogP contribution in [0.3, 0.4) is 0 Å². The molecule has 0 bridgehead atoms. The fraction of sp³-hybridized carbons (Fsp3) is 0.538. The van der Waals surface area contributed by atoms with Crippen LogP contribution >= 0.6 is 15.9 Å². The van der Waals surface area contributed by atoms with Crippen LogP contribution in [0, 0.1) is 11.2 Å². The number of rotatable bonds is 6. The van der Waals surface area contributed by atoms with E-state index in [0.717, 1.165) is 18.5 Å². The van der Waals surface area contributed by atoms with Crippen LogP contribution in [0.25, 0.3) is 0 Å². The second-order valence-corrected chi connectivity index (χ2v) is 5.75. The standard InChI is InChI=1S/C13H19BrFNO/c1-13(2,6-7-17)9-16-8-10-4-3-5-11(15)12(10)14/h3-5,16-17H,6-9H2,1-2H3. The van der Waals surface area contributed by atoms with Crippen molar-refractivity contribution >= 4 is 15.9 Å². The Hall–Kier alpha value is -0.450. The number of benzene rings is 1. The molecule has 0 radical (unpaired) electrons. The third-order valence-electron chi connectivity index (χ3n) is 2.74. The van der Waals surface area contributed by atoms with Crippen LogP contribution in [-0.4, -0.2) is 18.3 Å². The molecule has 1 rings (SSSR count). The molecule has 96 valence electrons. The average Bonchev–Trinajstić information content (AvgIpc) is 2.24. The van der Waals surface area contributed by atoms with Crippen LogP contribution in [0.2, 0.25) is 0 Å². The minimum atomic E-state index is -0.237. The summed E-state index contributed by atoms with van der Waals surface area (Å²) in [5, 5.41) is 12.2. The van der Waals surface area contributed by atoms with Gasteiger partial charge >= 0.3 is 0 Å². The number of hydrogen-bond acceptors (Lipinski definition) is 2. The largest absolute Gasteiger partial charge is 0.396 e. The molecule has 0 unspecified atom stereocenters. The van der Waals surface area contributed by atoms with Gasteiger partial charge in [-0.15, -0.1) is 0 Å². The Morgan fingerprint density at radius 3 is 2.76 bits per heavy atom. The maximum absolute atomic E-state index is 13.3. The summed E-state index contributed by atoms with van der Waals surface area (Å²) in [4.78, 5) is 0. The molecule has 0 fully saturated rings. The Balaban J connectivity index is 2.49. The topological polar surface area (TPSA) is 32.3 Å². The van der Waals surface area contributed by atoms with Gasteiger partial charge in [0.15, 0.2) is 0 Å². The Bertz CT molecular complexity index is 368. The molecule has 0 aliphatic rings. The number of aliphatic hydroxyl groups excluding tert-OH is 1. The molecule has 1 aromatic rings. The van der Waals surface area contributed by atoms with Crippen LogP contribution < -0.4 is 5.32 Å². The second-order valence-electron chi connectivity index (χ2n) is 4.95. The Morgan fingerprint density at radius 2 is 2.12 bits per heavy atom. The van der Waals surface area contributed by atoms with E-state index in [1.807, 2.05) is 6.07 Å². The van der Waals surface area contributed by atoms with Gasteiger partial charge in [0, 0.05) is 19.7 Å². The van der Waals surface area contributed by atoms with Crippen molar-refractivity contribution in [3.05, 3.63) is 34.1 Å². The van der Waals surface area contributed by atoms with Crippen LogP contribution in [0.5, 0.6) is 0 Å². The van der Waals surface area contributed by atoms with Crippen molar-refractivity contribution in [3.63, 3.8) is 0 Å². The minimum Gasteiger partial charge on any atom is -0.396 e. The predicted molar refractivity (Wildman–Crippen MR) is 71.3 cm³/mol. The number of hydrogen-bond donors (Lipinski definition) is 2. The summed E-state index contributed by atoms with van der Waals surface area (Å²) in [5.74, 6) is -0.237. The first-order chi connectivity index (χ1) is 7.96. The third-order valence-corrected chi connectivity index (χ3v) is 3.63. The lowest BCUT2D eigenvalue weighted by Crippen LogP contribution is -2.30. The van der Waals surface area contributed by atoms with Gasteiger partial charge in [-0.25, -0.2) is 4.39 Å². The fourth-order valence-corrected chi connectivity index (χ4v) is 2.02. The predicted octanol–water partition coefficient (Wildman–Crippen LogP) is 3.09. The molecule has 0 spiro atoms. The summed E-state index contributed by atoms with van der Waals surface area (Å²) >= 11 is 3.24. The lowest BCUT2D eigenvalue weighted by Gasteiger charge is -2.24. The van der Waals surface area contributed by atoms with E-state index in [2.05, 4.69) is 35.1 Å². The number of aliphatic hydroxyl groups is 1. The van der Waals surface area contributed by atoms with Gasteiger partial charge in [0.25, 0.3) is 0 Å². The van der Waals surface area contributed by atoms with Crippen LogP contribution in [0.15, 0.2) is 22.7 Å². The molecular weight excluding hydrogens is 285 g/mol. The van der Waals surface area contributed by atoms with E-state index >= 15 is 0 Å². The molecule has 0 saturated heterocycles. The first kappa shape index (κ1) is 14.6. The first-order valence-electron chi connectivity index (χ1n) is 5.71. The molecule has 0 aliphatic heterocycles. The van der Waals surface area contributed by atoms with Crippen LogP contribution in [0.4, 0.5) is 4.39 Å². The fourth-order valence-electron chi connectivity index (χ4n) is 1.61. The van der Waals surface area contributed by atoms with Crippen LogP contribution in [-0.2, 0) is 6.54 Å². The highest BCUT2D eigenvalue weighted by Crippen LogP contribution is 2.21. The summed E-state index contributed by atoms with van der Waals surface area (Å²) in [6.45, 7) is 5.79. The zero-order chi connectivity index (χ0) is 12.9. The highest BCUT2D eigenvalue weighted by atomic mass is 79.9. The molecule has 0 aromatic heterocycles. The van der Waals surface area contributed by atoms with Crippen molar-refractivity contribution in [2.24, 2.45) is 5.41 Å². The first-order valence-corrected chi connectivity index (χ1v) is 6.50. The van der Waals surface area contributed by atoms with E-state index in [0.29, 0.717) is 11.0 Å². The van der Waals surface area contributed by atoms with Gasteiger partial charge in [-0.1, -0.05) is 26.0 Å². The lowest BCUT2D eigenvalue weighted by atomic mass is 9.90. The van der Waals surface area contributed by atoms with Crippen LogP contribution in [0.1, 0.15) is 25.8 Å². The van der Waals surface area contributed by atoms with Crippen molar-refractivity contribution in [1.29, 1.82) is 0 Å². The zero-order valence-electron chi connectivity index (χ0n) is 10.3. The molecular formula is C13H19BrFNO. The summed E-state index contributed by atoms with van der Waals surface area (Å²) in [5.41, 5.74) is 0.957. The Labute approximate surface area is 110 Å². The normalized spacial score (nSPS) is 11.8. The van der Waals surface area contributed by atoms with Crippen molar-refractivity contribution in [2.75, 3.05) is 13.2 Å². The summed E-state index contributed by atoms with van der Waals surface area (Å²) in [7, 11) is 0. The minimum absolute atomic E-state index is 0.0501. The maximum atomic E-state index is 13.3. The molecule has 0 aliphatic carbocycles. The average molecular weight is 304 g/mol.